The Morgan fingerprint density at radius 2 is 1.58 bits per heavy atom. The Balaban J connectivity index is 2.59. The molecular weight excluding hydrogens is 292 g/mol. The summed E-state index contributed by atoms with van der Waals surface area (Å²) in [6.45, 7) is 15.3. The predicted octanol–water partition coefficient (Wildman–Crippen LogP) is 6.66. The van der Waals surface area contributed by atoms with Crippen LogP contribution in [0.3, 0.4) is 0 Å². The normalized spacial score (nSPS) is 24.1. The maximum absolute atomic E-state index is 13.2. The number of hydrogen-bond donors (Lipinski definition) is 0. The van der Waals surface area contributed by atoms with Crippen molar-refractivity contribution >= 4 is 5.78 Å². The van der Waals surface area contributed by atoms with Gasteiger partial charge in [-0.3, -0.25) is 4.79 Å². The van der Waals surface area contributed by atoms with Gasteiger partial charge in [0.2, 0.25) is 0 Å². The second-order valence-corrected chi connectivity index (χ2v) is 9.77. The number of allylic oxidation sites excluding steroid dienone is 6. The molecule has 1 atom stereocenters. The van der Waals surface area contributed by atoms with Gasteiger partial charge in [-0.1, -0.05) is 85.6 Å². The zero-order chi connectivity index (χ0) is 18.2. The third-order valence-corrected chi connectivity index (χ3v) is 5.60. The van der Waals surface area contributed by atoms with E-state index in [1.807, 2.05) is 0 Å². The lowest BCUT2D eigenvalue weighted by Crippen LogP contribution is -2.38. The first-order valence-electron chi connectivity index (χ1n) is 9.69. The van der Waals surface area contributed by atoms with Crippen LogP contribution in [-0.4, -0.2) is 5.78 Å². The highest BCUT2D eigenvalue weighted by Gasteiger charge is 2.44. The summed E-state index contributed by atoms with van der Waals surface area (Å²) in [5, 5.41) is 0. The highest BCUT2D eigenvalue weighted by molar-refractivity contribution is 6.11. The number of Topliss-reactive ketones (excluding diaryl/α,β-unsaturated/α-hetero) is 1. The summed E-state index contributed by atoms with van der Waals surface area (Å²) < 4.78 is 0. The summed E-state index contributed by atoms with van der Waals surface area (Å²) in [5.74, 6) is 0.790. The van der Waals surface area contributed by atoms with Crippen LogP contribution < -0.4 is 0 Å². The molecule has 0 aromatic carbocycles. The summed E-state index contributed by atoms with van der Waals surface area (Å²) in [4.78, 5) is 13.2. The van der Waals surface area contributed by atoms with Crippen molar-refractivity contribution in [3.63, 3.8) is 0 Å². The van der Waals surface area contributed by atoms with Crippen LogP contribution >= 0.6 is 0 Å². The van der Waals surface area contributed by atoms with Crippen LogP contribution in [0.15, 0.2) is 35.5 Å². The molecule has 1 nitrogen and oxygen atoms in total. The largest absolute Gasteiger partial charge is 0.289 e. The van der Waals surface area contributed by atoms with Crippen molar-refractivity contribution in [1.29, 1.82) is 0 Å². The van der Waals surface area contributed by atoms with E-state index in [4.69, 9.17) is 0 Å². The zero-order valence-electron chi connectivity index (χ0n) is 16.8. The molecule has 2 rings (SSSR count). The van der Waals surface area contributed by atoms with Crippen molar-refractivity contribution in [3.05, 3.63) is 35.5 Å². The molecule has 0 fully saturated rings. The van der Waals surface area contributed by atoms with Gasteiger partial charge in [0, 0.05) is 16.6 Å². The summed E-state index contributed by atoms with van der Waals surface area (Å²) in [5.41, 5.74) is 1.86. The Morgan fingerprint density at radius 3 is 2.04 bits per heavy atom. The van der Waals surface area contributed by atoms with E-state index in [1.54, 1.807) is 0 Å². The van der Waals surface area contributed by atoms with E-state index < -0.39 is 0 Å². The fraction of sp³-hybridized carbons (Fsp3) is 0.696. The molecule has 0 N–H and O–H groups in total. The molecule has 0 bridgehead atoms. The lowest BCUT2D eigenvalue weighted by atomic mass is 9.59. The second-order valence-electron chi connectivity index (χ2n) is 9.77. The fourth-order valence-corrected chi connectivity index (χ4v) is 4.08. The Labute approximate surface area is 149 Å². The van der Waals surface area contributed by atoms with Gasteiger partial charge in [-0.25, -0.2) is 0 Å². The minimum atomic E-state index is -0.106. The molecule has 0 saturated heterocycles. The molecular formula is C23H36O. The van der Waals surface area contributed by atoms with Gasteiger partial charge in [-0.15, -0.1) is 0 Å². The fourth-order valence-electron chi connectivity index (χ4n) is 4.08. The highest BCUT2D eigenvalue weighted by atomic mass is 16.1. The van der Waals surface area contributed by atoms with Crippen molar-refractivity contribution in [2.45, 2.75) is 80.6 Å². The number of ketones is 1. The molecule has 0 saturated carbocycles. The van der Waals surface area contributed by atoms with Crippen molar-refractivity contribution in [1.82, 2.24) is 0 Å². The van der Waals surface area contributed by atoms with Gasteiger partial charge in [0.1, 0.15) is 0 Å². The number of unbranched alkanes of at least 4 members (excludes halogenated alkanes) is 1. The minimum Gasteiger partial charge on any atom is -0.289 e. The van der Waals surface area contributed by atoms with E-state index in [0.29, 0.717) is 5.92 Å². The van der Waals surface area contributed by atoms with E-state index in [1.165, 1.54) is 19.3 Å². The van der Waals surface area contributed by atoms with Crippen molar-refractivity contribution in [2.24, 2.45) is 22.2 Å². The van der Waals surface area contributed by atoms with Crippen LogP contribution in [-0.2, 0) is 4.79 Å². The number of rotatable bonds is 3. The lowest BCUT2D eigenvalue weighted by Gasteiger charge is -2.44. The maximum atomic E-state index is 13.2. The standard InChI is InChI=1S/C23H36O/c1-8-9-12-17-13-10-11-14-23(17)15-18(21(2,3)4)20(24)19(16-23)22(5,6)7/h10,13,15-17H,8-9,11-12,14H2,1-7H3. The Hall–Kier alpha value is -1.11. The van der Waals surface area contributed by atoms with E-state index in [9.17, 15) is 4.79 Å². The molecule has 24 heavy (non-hydrogen) atoms. The topological polar surface area (TPSA) is 17.1 Å². The van der Waals surface area contributed by atoms with Gasteiger partial charge >= 0.3 is 0 Å². The minimum absolute atomic E-state index is 0.0308. The summed E-state index contributed by atoms with van der Waals surface area (Å²) in [6.07, 6.45) is 15.4. The molecule has 0 aromatic rings. The molecule has 2 aliphatic rings. The third kappa shape index (κ3) is 3.76. The number of carbonyl (C=O) groups is 1. The number of carbonyl (C=O) groups excluding carboxylic acids is 1. The molecule has 134 valence electrons. The summed E-state index contributed by atoms with van der Waals surface area (Å²) in [6, 6.07) is 0. The van der Waals surface area contributed by atoms with Gasteiger partial charge in [0.25, 0.3) is 0 Å². The van der Waals surface area contributed by atoms with Crippen molar-refractivity contribution < 1.29 is 4.79 Å². The molecule has 1 heteroatoms. The van der Waals surface area contributed by atoms with E-state index in [-0.39, 0.29) is 22.0 Å². The first-order valence-corrected chi connectivity index (χ1v) is 9.69. The Kier molecular flexibility index (Phi) is 5.33. The van der Waals surface area contributed by atoms with Gasteiger partial charge < -0.3 is 0 Å². The Bertz CT molecular complexity index is 538. The molecule has 2 aliphatic carbocycles. The molecule has 1 unspecified atom stereocenters. The average molecular weight is 329 g/mol. The average Bonchev–Trinajstić information content (AvgIpc) is 2.46. The summed E-state index contributed by atoms with van der Waals surface area (Å²) in [7, 11) is 0. The third-order valence-electron chi connectivity index (χ3n) is 5.60. The zero-order valence-corrected chi connectivity index (χ0v) is 16.8. The SMILES string of the molecule is CCCCC1C=CCCC12C=C(C(C)(C)C)C(=O)C(C(C)(C)C)=C2. The molecule has 0 amide bonds. The van der Waals surface area contributed by atoms with Gasteiger partial charge in [-0.05, 0) is 36.0 Å². The molecule has 0 heterocycles. The molecule has 0 radical (unpaired) electrons. The van der Waals surface area contributed by atoms with Crippen molar-refractivity contribution in [2.75, 3.05) is 0 Å². The maximum Gasteiger partial charge on any atom is 0.185 e. The first kappa shape index (κ1) is 19.2. The Morgan fingerprint density at radius 1 is 1.04 bits per heavy atom. The van der Waals surface area contributed by atoms with Crippen LogP contribution in [0.5, 0.6) is 0 Å². The van der Waals surface area contributed by atoms with Crippen LogP contribution in [0.25, 0.3) is 0 Å². The predicted molar refractivity (Wildman–Crippen MR) is 104 cm³/mol. The first-order chi connectivity index (χ1) is 11.0. The van der Waals surface area contributed by atoms with Crippen LogP contribution in [0.4, 0.5) is 0 Å². The number of hydrogen-bond acceptors (Lipinski definition) is 1. The summed E-state index contributed by atoms with van der Waals surface area (Å²) >= 11 is 0. The van der Waals surface area contributed by atoms with E-state index >= 15 is 0 Å². The van der Waals surface area contributed by atoms with Crippen molar-refractivity contribution in [3.8, 4) is 0 Å². The van der Waals surface area contributed by atoms with Crippen LogP contribution in [0.2, 0.25) is 0 Å². The quantitative estimate of drug-likeness (QED) is 0.530. The monoisotopic (exact) mass is 328 g/mol. The smallest absolute Gasteiger partial charge is 0.185 e. The highest BCUT2D eigenvalue weighted by Crippen LogP contribution is 2.51. The van der Waals surface area contributed by atoms with Gasteiger partial charge in [0.05, 0.1) is 0 Å². The second kappa shape index (κ2) is 6.65. The van der Waals surface area contributed by atoms with Crippen LogP contribution in [0.1, 0.15) is 80.6 Å². The lowest BCUT2D eigenvalue weighted by molar-refractivity contribution is -0.114. The van der Waals surface area contributed by atoms with E-state index in [2.05, 4.69) is 72.8 Å². The van der Waals surface area contributed by atoms with Crippen LogP contribution in [0, 0.1) is 22.2 Å². The van der Waals surface area contributed by atoms with Gasteiger partial charge in [-0.2, -0.15) is 0 Å². The van der Waals surface area contributed by atoms with E-state index in [0.717, 1.165) is 24.0 Å². The molecule has 0 aliphatic heterocycles. The molecule has 0 aromatic heterocycles. The van der Waals surface area contributed by atoms with Gasteiger partial charge in [0.15, 0.2) is 5.78 Å². The molecule has 1 spiro atoms.